The Morgan fingerprint density at radius 1 is 1.50 bits per heavy atom. The summed E-state index contributed by atoms with van der Waals surface area (Å²) in [5, 5.41) is 9.10. The highest BCUT2D eigenvalue weighted by Crippen LogP contribution is 2.20. The van der Waals surface area contributed by atoms with Crippen molar-refractivity contribution in [3.05, 3.63) is 30.1 Å². The van der Waals surface area contributed by atoms with E-state index in [-0.39, 0.29) is 11.2 Å². The topological polar surface area (TPSA) is 64.4 Å². The Kier molecular flexibility index (Phi) is 3.09. The van der Waals surface area contributed by atoms with Gasteiger partial charge in [-0.25, -0.2) is 9.78 Å². The maximum absolute atomic E-state index is 11.1. The summed E-state index contributed by atoms with van der Waals surface area (Å²) < 4.78 is 7.28. The van der Waals surface area contributed by atoms with E-state index in [0.717, 1.165) is 5.52 Å². The SMILES string of the molecule is COC(C)(C)Cn1cnc2c(C(=O)O)cccc21. The summed E-state index contributed by atoms with van der Waals surface area (Å²) in [7, 11) is 1.65. The van der Waals surface area contributed by atoms with Crippen molar-refractivity contribution in [2.75, 3.05) is 7.11 Å². The molecule has 2 aromatic rings. The summed E-state index contributed by atoms with van der Waals surface area (Å²) in [6.45, 7) is 4.56. The van der Waals surface area contributed by atoms with Gasteiger partial charge in [-0.1, -0.05) is 6.07 Å². The number of para-hydroxylation sites is 1. The predicted octanol–water partition coefficient (Wildman–Crippen LogP) is 2.16. The number of nitrogens with zero attached hydrogens (tertiary/aromatic N) is 2. The largest absolute Gasteiger partial charge is 0.478 e. The Morgan fingerprint density at radius 3 is 2.83 bits per heavy atom. The molecule has 5 heteroatoms. The molecule has 0 radical (unpaired) electrons. The summed E-state index contributed by atoms with van der Waals surface area (Å²) >= 11 is 0. The lowest BCUT2D eigenvalue weighted by Crippen LogP contribution is -2.28. The van der Waals surface area contributed by atoms with E-state index in [2.05, 4.69) is 4.98 Å². The molecule has 0 saturated heterocycles. The number of methoxy groups -OCH3 is 1. The number of hydrogen-bond donors (Lipinski definition) is 1. The molecule has 1 aromatic carbocycles. The summed E-state index contributed by atoms with van der Waals surface area (Å²) in [4.78, 5) is 15.3. The van der Waals surface area contributed by atoms with Crippen LogP contribution in [0, 0.1) is 0 Å². The van der Waals surface area contributed by atoms with Crippen molar-refractivity contribution in [2.24, 2.45) is 0 Å². The van der Waals surface area contributed by atoms with E-state index < -0.39 is 5.97 Å². The van der Waals surface area contributed by atoms with Crippen molar-refractivity contribution in [3.63, 3.8) is 0 Å². The van der Waals surface area contributed by atoms with Gasteiger partial charge in [0.05, 0.1) is 29.6 Å². The number of imidazole rings is 1. The fraction of sp³-hybridized carbons (Fsp3) is 0.385. The first-order valence-electron chi connectivity index (χ1n) is 5.67. The number of carboxylic acids is 1. The van der Waals surface area contributed by atoms with Gasteiger partial charge in [-0.05, 0) is 26.0 Å². The minimum atomic E-state index is -0.961. The second-order valence-electron chi connectivity index (χ2n) is 4.81. The molecule has 0 fully saturated rings. The first-order chi connectivity index (χ1) is 8.44. The van der Waals surface area contributed by atoms with Crippen molar-refractivity contribution in [1.82, 2.24) is 9.55 Å². The molecule has 96 valence electrons. The van der Waals surface area contributed by atoms with Crippen LogP contribution in [-0.2, 0) is 11.3 Å². The Balaban J connectivity index is 2.49. The first-order valence-corrected chi connectivity index (χ1v) is 5.67. The molecule has 0 unspecified atom stereocenters. The van der Waals surface area contributed by atoms with Gasteiger partial charge < -0.3 is 14.4 Å². The second-order valence-corrected chi connectivity index (χ2v) is 4.81. The van der Waals surface area contributed by atoms with E-state index in [1.54, 1.807) is 25.6 Å². The summed E-state index contributed by atoms with van der Waals surface area (Å²) in [5.74, 6) is -0.961. The van der Waals surface area contributed by atoms with E-state index in [4.69, 9.17) is 9.84 Å². The molecule has 1 heterocycles. The number of aromatic nitrogens is 2. The molecular formula is C13H16N2O3. The number of hydrogen-bond acceptors (Lipinski definition) is 3. The van der Waals surface area contributed by atoms with Crippen LogP contribution in [0.4, 0.5) is 0 Å². The number of fused-ring (bicyclic) bond motifs is 1. The van der Waals surface area contributed by atoms with E-state index in [1.807, 2.05) is 24.5 Å². The lowest BCUT2D eigenvalue weighted by Gasteiger charge is -2.23. The third-order valence-electron chi connectivity index (χ3n) is 2.98. The average Bonchev–Trinajstić information content (AvgIpc) is 2.72. The van der Waals surface area contributed by atoms with Gasteiger partial charge in [-0.15, -0.1) is 0 Å². The fourth-order valence-electron chi connectivity index (χ4n) is 1.86. The molecule has 2 rings (SSSR count). The zero-order chi connectivity index (χ0) is 13.3. The first kappa shape index (κ1) is 12.6. The van der Waals surface area contributed by atoms with Crippen molar-refractivity contribution < 1.29 is 14.6 Å². The van der Waals surface area contributed by atoms with Crippen LogP contribution in [0.15, 0.2) is 24.5 Å². The van der Waals surface area contributed by atoms with E-state index >= 15 is 0 Å². The van der Waals surface area contributed by atoms with Crippen LogP contribution in [0.3, 0.4) is 0 Å². The molecule has 1 N–H and O–H groups in total. The van der Waals surface area contributed by atoms with Crippen LogP contribution in [-0.4, -0.2) is 33.3 Å². The highest BCUT2D eigenvalue weighted by Gasteiger charge is 2.19. The molecule has 0 aliphatic carbocycles. The standard InChI is InChI=1S/C13H16N2O3/c1-13(2,18-3)7-15-8-14-11-9(12(16)17)5-4-6-10(11)15/h4-6,8H,7H2,1-3H3,(H,16,17). The van der Waals surface area contributed by atoms with Gasteiger partial charge in [0.2, 0.25) is 0 Å². The van der Waals surface area contributed by atoms with Crippen molar-refractivity contribution >= 4 is 17.0 Å². The number of rotatable bonds is 4. The zero-order valence-electron chi connectivity index (χ0n) is 10.7. The molecule has 0 aliphatic heterocycles. The molecule has 18 heavy (non-hydrogen) atoms. The van der Waals surface area contributed by atoms with E-state index in [0.29, 0.717) is 12.1 Å². The lowest BCUT2D eigenvalue weighted by atomic mass is 10.1. The third kappa shape index (κ3) is 2.22. The average molecular weight is 248 g/mol. The number of ether oxygens (including phenoxy) is 1. The van der Waals surface area contributed by atoms with Gasteiger partial charge in [0, 0.05) is 7.11 Å². The summed E-state index contributed by atoms with van der Waals surface area (Å²) in [6, 6.07) is 5.15. The van der Waals surface area contributed by atoms with E-state index in [9.17, 15) is 4.79 Å². The maximum Gasteiger partial charge on any atom is 0.337 e. The number of carbonyl (C=O) groups is 1. The lowest BCUT2D eigenvalue weighted by molar-refractivity contribution is 0.00901. The van der Waals surface area contributed by atoms with Crippen molar-refractivity contribution in [3.8, 4) is 0 Å². The second kappa shape index (κ2) is 4.42. The Bertz CT molecular complexity index is 587. The van der Waals surface area contributed by atoms with Crippen LogP contribution in [0.2, 0.25) is 0 Å². The minimum Gasteiger partial charge on any atom is -0.478 e. The number of carboxylic acid groups (broad SMARTS) is 1. The fourth-order valence-corrected chi connectivity index (χ4v) is 1.86. The van der Waals surface area contributed by atoms with Gasteiger partial charge in [-0.2, -0.15) is 0 Å². The molecule has 1 aromatic heterocycles. The molecule has 0 aliphatic rings. The van der Waals surface area contributed by atoms with Crippen molar-refractivity contribution in [2.45, 2.75) is 26.0 Å². The Labute approximate surface area is 105 Å². The molecule has 5 nitrogen and oxygen atoms in total. The van der Waals surface area contributed by atoms with Crippen LogP contribution in [0.5, 0.6) is 0 Å². The normalized spacial score (nSPS) is 11.9. The van der Waals surface area contributed by atoms with Crippen LogP contribution < -0.4 is 0 Å². The number of benzene rings is 1. The smallest absolute Gasteiger partial charge is 0.337 e. The molecule has 0 atom stereocenters. The Morgan fingerprint density at radius 2 is 2.22 bits per heavy atom. The van der Waals surface area contributed by atoms with Gasteiger partial charge >= 0.3 is 5.97 Å². The summed E-state index contributed by atoms with van der Waals surface area (Å²) in [6.07, 6.45) is 1.65. The summed E-state index contributed by atoms with van der Waals surface area (Å²) in [5.41, 5.74) is 1.21. The highest BCUT2D eigenvalue weighted by molar-refractivity contribution is 6.00. The zero-order valence-corrected chi connectivity index (χ0v) is 10.7. The van der Waals surface area contributed by atoms with Crippen LogP contribution in [0.25, 0.3) is 11.0 Å². The Hall–Kier alpha value is -1.88. The predicted molar refractivity (Wildman–Crippen MR) is 67.8 cm³/mol. The van der Waals surface area contributed by atoms with Gasteiger partial charge in [-0.3, -0.25) is 0 Å². The molecular weight excluding hydrogens is 232 g/mol. The molecule has 0 saturated carbocycles. The van der Waals surface area contributed by atoms with Gasteiger partial charge in [0.15, 0.2) is 0 Å². The quantitative estimate of drug-likeness (QED) is 0.900. The third-order valence-corrected chi connectivity index (χ3v) is 2.98. The molecule has 0 spiro atoms. The van der Waals surface area contributed by atoms with Crippen LogP contribution >= 0.6 is 0 Å². The van der Waals surface area contributed by atoms with Crippen molar-refractivity contribution in [1.29, 1.82) is 0 Å². The highest BCUT2D eigenvalue weighted by atomic mass is 16.5. The van der Waals surface area contributed by atoms with Crippen LogP contribution in [0.1, 0.15) is 24.2 Å². The van der Waals surface area contributed by atoms with Gasteiger partial charge in [0.25, 0.3) is 0 Å². The molecule has 0 bridgehead atoms. The van der Waals surface area contributed by atoms with Gasteiger partial charge in [0.1, 0.15) is 5.52 Å². The molecule has 0 amide bonds. The maximum atomic E-state index is 11.1. The van der Waals surface area contributed by atoms with E-state index in [1.165, 1.54) is 0 Å². The minimum absolute atomic E-state index is 0.224. The monoisotopic (exact) mass is 248 g/mol. The number of aromatic carboxylic acids is 1.